The maximum Gasteiger partial charge on any atom is 0.387 e. The zero-order valence-electron chi connectivity index (χ0n) is 19.0. The standard InChI is InChI=1S/C23H21F3N6O3/c1-12(33)31(3)32(11-14-4-6-15(9-18(14)24)35-23(25)26)22(34)13-5-7-19-16(8-13)20-17(21(27)29-19)10-28-30(20)2/h4-10,23H,11H2,1-3H3,(H2,27,29). The fraction of sp³-hybridized carbons (Fsp3) is 0.217. The predicted octanol–water partition coefficient (Wildman–Crippen LogP) is 3.48. The molecule has 0 bridgehead atoms. The number of pyridine rings is 1. The first-order chi connectivity index (χ1) is 16.6. The Balaban J connectivity index is 1.74. The van der Waals surface area contributed by atoms with Crippen molar-refractivity contribution in [1.82, 2.24) is 24.8 Å². The van der Waals surface area contributed by atoms with Gasteiger partial charge in [0.05, 0.1) is 29.2 Å². The van der Waals surface area contributed by atoms with Crippen LogP contribution < -0.4 is 10.5 Å². The topological polar surface area (TPSA) is 107 Å². The van der Waals surface area contributed by atoms with E-state index in [1.54, 1.807) is 30.1 Å². The number of amides is 2. The van der Waals surface area contributed by atoms with E-state index in [0.29, 0.717) is 27.6 Å². The van der Waals surface area contributed by atoms with Gasteiger partial charge in [-0.05, 0) is 24.3 Å². The molecule has 4 rings (SSSR count). The lowest BCUT2D eigenvalue weighted by atomic mass is 10.1. The minimum absolute atomic E-state index is 0.00248. The molecule has 0 saturated carbocycles. The monoisotopic (exact) mass is 486 g/mol. The van der Waals surface area contributed by atoms with Crippen LogP contribution in [0.15, 0.2) is 42.6 Å². The van der Waals surface area contributed by atoms with Gasteiger partial charge < -0.3 is 10.5 Å². The van der Waals surface area contributed by atoms with Gasteiger partial charge in [-0.15, -0.1) is 0 Å². The minimum atomic E-state index is -3.11. The number of hydrazine groups is 1. The number of nitrogens with two attached hydrogens (primary N) is 1. The number of hydrogen-bond acceptors (Lipinski definition) is 6. The number of nitrogens with zero attached hydrogens (tertiary/aromatic N) is 5. The summed E-state index contributed by atoms with van der Waals surface area (Å²) in [6.07, 6.45) is 1.58. The number of ether oxygens (including phenoxy) is 1. The van der Waals surface area contributed by atoms with E-state index in [1.807, 2.05) is 0 Å². The van der Waals surface area contributed by atoms with Crippen molar-refractivity contribution >= 4 is 39.4 Å². The second-order valence-electron chi connectivity index (χ2n) is 7.80. The number of benzene rings is 2. The van der Waals surface area contributed by atoms with Crippen LogP contribution in [0.4, 0.5) is 19.0 Å². The van der Waals surface area contributed by atoms with Crippen LogP contribution in [0.5, 0.6) is 5.75 Å². The second kappa shape index (κ2) is 9.12. The van der Waals surface area contributed by atoms with Crippen LogP contribution in [0.2, 0.25) is 0 Å². The highest BCUT2D eigenvalue weighted by Crippen LogP contribution is 2.29. The molecular weight excluding hydrogens is 465 g/mol. The number of hydrogen-bond donors (Lipinski definition) is 1. The molecule has 2 amide bonds. The third-order valence-corrected chi connectivity index (χ3v) is 5.58. The number of nitrogen functional groups attached to an aromatic ring is 1. The number of aromatic nitrogens is 3. The number of anilines is 1. The molecule has 2 heterocycles. The fourth-order valence-electron chi connectivity index (χ4n) is 3.72. The largest absolute Gasteiger partial charge is 0.435 e. The number of halogens is 3. The van der Waals surface area contributed by atoms with E-state index in [4.69, 9.17) is 5.73 Å². The van der Waals surface area contributed by atoms with Crippen LogP contribution in [-0.2, 0) is 18.4 Å². The minimum Gasteiger partial charge on any atom is -0.435 e. The molecule has 0 unspecified atom stereocenters. The summed E-state index contributed by atoms with van der Waals surface area (Å²) in [4.78, 5) is 30.0. The Morgan fingerprint density at radius 1 is 1.17 bits per heavy atom. The predicted molar refractivity (Wildman–Crippen MR) is 122 cm³/mol. The van der Waals surface area contributed by atoms with Crippen molar-refractivity contribution in [3.63, 3.8) is 0 Å². The van der Waals surface area contributed by atoms with Crippen LogP contribution in [-0.4, -0.2) is 50.3 Å². The number of carbonyl (C=O) groups is 2. The Morgan fingerprint density at radius 2 is 1.91 bits per heavy atom. The van der Waals surface area contributed by atoms with Gasteiger partial charge in [0.25, 0.3) is 5.91 Å². The summed E-state index contributed by atoms with van der Waals surface area (Å²) in [6.45, 7) is -2.19. The molecule has 0 fully saturated rings. The molecule has 4 aromatic rings. The summed E-state index contributed by atoms with van der Waals surface area (Å²) in [5.74, 6) is -2.00. The summed E-state index contributed by atoms with van der Waals surface area (Å²) in [5.41, 5.74) is 7.45. The normalized spacial score (nSPS) is 11.3. The number of alkyl halides is 2. The van der Waals surface area contributed by atoms with Crippen molar-refractivity contribution in [3.05, 3.63) is 59.5 Å². The van der Waals surface area contributed by atoms with Crippen molar-refractivity contribution in [3.8, 4) is 5.75 Å². The summed E-state index contributed by atoms with van der Waals surface area (Å²) < 4.78 is 45.3. The molecule has 0 atom stereocenters. The second-order valence-corrected chi connectivity index (χ2v) is 7.80. The molecule has 0 spiro atoms. The summed E-state index contributed by atoms with van der Waals surface area (Å²) >= 11 is 0. The molecule has 2 aromatic carbocycles. The Morgan fingerprint density at radius 3 is 2.57 bits per heavy atom. The first kappa shape index (κ1) is 23.8. The highest BCUT2D eigenvalue weighted by Gasteiger charge is 2.25. The van der Waals surface area contributed by atoms with E-state index in [9.17, 15) is 22.8 Å². The lowest BCUT2D eigenvalue weighted by Crippen LogP contribution is -2.46. The third-order valence-electron chi connectivity index (χ3n) is 5.58. The highest BCUT2D eigenvalue weighted by atomic mass is 19.3. The molecule has 0 radical (unpaired) electrons. The van der Waals surface area contributed by atoms with Gasteiger partial charge in [0, 0.05) is 43.6 Å². The van der Waals surface area contributed by atoms with Crippen LogP contribution in [0.3, 0.4) is 0 Å². The molecule has 0 aliphatic heterocycles. The average molecular weight is 486 g/mol. The first-order valence-corrected chi connectivity index (χ1v) is 10.4. The molecule has 12 heteroatoms. The van der Waals surface area contributed by atoms with Crippen LogP contribution in [0, 0.1) is 5.82 Å². The molecule has 2 N–H and O–H groups in total. The zero-order chi connectivity index (χ0) is 25.4. The third kappa shape index (κ3) is 4.54. The molecule has 0 aliphatic carbocycles. The quantitative estimate of drug-likeness (QED) is 0.433. The summed E-state index contributed by atoms with van der Waals surface area (Å²) in [7, 11) is 3.10. The molecule has 9 nitrogen and oxygen atoms in total. The lowest BCUT2D eigenvalue weighted by Gasteiger charge is -2.31. The summed E-state index contributed by atoms with van der Waals surface area (Å²) in [5, 5.41) is 7.55. The number of fused-ring (bicyclic) bond motifs is 3. The van der Waals surface area contributed by atoms with E-state index in [2.05, 4.69) is 14.8 Å². The average Bonchev–Trinajstić information content (AvgIpc) is 3.19. The molecule has 182 valence electrons. The van der Waals surface area contributed by atoms with Gasteiger partial charge in [-0.25, -0.2) is 14.4 Å². The van der Waals surface area contributed by atoms with Gasteiger partial charge in [0.15, 0.2) is 0 Å². The van der Waals surface area contributed by atoms with Crippen LogP contribution in [0.25, 0.3) is 21.8 Å². The maximum atomic E-state index is 14.6. The van der Waals surface area contributed by atoms with E-state index >= 15 is 0 Å². The maximum absolute atomic E-state index is 14.6. The SMILES string of the molecule is CC(=O)N(C)N(Cc1ccc(OC(F)F)cc1F)C(=O)c1ccc2nc(N)c3cnn(C)c3c2c1. The highest BCUT2D eigenvalue weighted by molar-refractivity contribution is 6.10. The molecule has 2 aromatic heterocycles. The zero-order valence-corrected chi connectivity index (χ0v) is 19.0. The first-order valence-electron chi connectivity index (χ1n) is 10.4. The van der Waals surface area contributed by atoms with Gasteiger partial charge in [-0.1, -0.05) is 6.07 Å². The van der Waals surface area contributed by atoms with Crippen molar-refractivity contribution in [2.75, 3.05) is 12.8 Å². The lowest BCUT2D eigenvalue weighted by molar-refractivity contribution is -0.140. The molecule has 35 heavy (non-hydrogen) atoms. The number of rotatable bonds is 5. The Bertz CT molecular complexity index is 1460. The fourth-order valence-corrected chi connectivity index (χ4v) is 3.72. The Labute approximate surface area is 197 Å². The smallest absolute Gasteiger partial charge is 0.387 e. The van der Waals surface area contributed by atoms with E-state index in [1.165, 1.54) is 26.1 Å². The van der Waals surface area contributed by atoms with Crippen molar-refractivity contribution in [1.29, 1.82) is 0 Å². The molecular formula is C23H21F3N6O3. The Kier molecular flexibility index (Phi) is 6.20. The number of aryl methyl sites for hydroxylation is 1. The number of carbonyl (C=O) groups excluding carboxylic acids is 2. The van der Waals surface area contributed by atoms with Gasteiger partial charge >= 0.3 is 6.61 Å². The van der Waals surface area contributed by atoms with Crippen LogP contribution >= 0.6 is 0 Å². The van der Waals surface area contributed by atoms with Crippen LogP contribution in [0.1, 0.15) is 22.8 Å². The van der Waals surface area contributed by atoms with Gasteiger partial charge in [0.1, 0.15) is 17.4 Å². The van der Waals surface area contributed by atoms with E-state index < -0.39 is 24.2 Å². The summed E-state index contributed by atoms with van der Waals surface area (Å²) in [6, 6.07) is 7.92. The van der Waals surface area contributed by atoms with Gasteiger partial charge in [0.2, 0.25) is 5.91 Å². The van der Waals surface area contributed by atoms with Crippen molar-refractivity contribution in [2.45, 2.75) is 20.1 Å². The van der Waals surface area contributed by atoms with Crippen molar-refractivity contribution in [2.24, 2.45) is 7.05 Å². The van der Waals surface area contributed by atoms with E-state index in [-0.39, 0.29) is 23.4 Å². The van der Waals surface area contributed by atoms with Crippen molar-refractivity contribution < 1.29 is 27.5 Å². The molecule has 0 saturated heterocycles. The van der Waals surface area contributed by atoms with Gasteiger partial charge in [-0.2, -0.15) is 13.9 Å². The Hall–Kier alpha value is -4.35. The molecule has 0 aliphatic rings. The van der Waals surface area contributed by atoms with E-state index in [0.717, 1.165) is 22.2 Å². The van der Waals surface area contributed by atoms with Gasteiger partial charge in [-0.3, -0.25) is 19.3 Å².